The Balaban J connectivity index is 1.61. The number of methoxy groups -OCH3 is 3. The van der Waals surface area contributed by atoms with E-state index in [1.165, 1.54) is 4.90 Å². The van der Waals surface area contributed by atoms with Crippen molar-refractivity contribution >= 4 is 24.0 Å². The molecule has 1 heterocycles. The number of carbonyl (C=O) groups is 2. The summed E-state index contributed by atoms with van der Waals surface area (Å²) in [4.78, 5) is 26.8. The van der Waals surface area contributed by atoms with Crippen molar-refractivity contribution in [2.45, 2.75) is 6.54 Å². The van der Waals surface area contributed by atoms with Gasteiger partial charge in [-0.3, -0.25) is 14.5 Å². The molecule has 0 radical (unpaired) electrons. The number of hydrogen-bond donors (Lipinski definition) is 0. The minimum absolute atomic E-state index is 0.129. The van der Waals surface area contributed by atoms with Crippen molar-refractivity contribution in [2.24, 2.45) is 0 Å². The maximum Gasteiger partial charge on any atom is 0.261 e. The Morgan fingerprint density at radius 3 is 1.88 bits per heavy atom. The molecule has 6 nitrogen and oxygen atoms in total. The van der Waals surface area contributed by atoms with Crippen LogP contribution < -0.4 is 14.2 Å². The fraction of sp³-hybridized carbons (Fsp3) is 0.154. The van der Waals surface area contributed by atoms with Gasteiger partial charge in [0.1, 0.15) is 17.2 Å². The Bertz CT molecular complexity index is 1160. The van der Waals surface area contributed by atoms with Crippen LogP contribution in [0.4, 0.5) is 0 Å². The van der Waals surface area contributed by atoms with Gasteiger partial charge in [0, 0.05) is 11.6 Å². The molecule has 0 fully saturated rings. The molecule has 3 aromatic rings. The number of hydrogen-bond acceptors (Lipinski definition) is 5. The lowest BCUT2D eigenvalue weighted by molar-refractivity contribution is 0.0641. The number of rotatable bonds is 7. The van der Waals surface area contributed by atoms with E-state index in [4.69, 9.17) is 14.2 Å². The summed E-state index contributed by atoms with van der Waals surface area (Å²) in [7, 11) is 4.79. The molecule has 0 saturated heterocycles. The molecule has 1 aliphatic heterocycles. The topological polar surface area (TPSA) is 65.1 Å². The molecule has 0 saturated carbocycles. The van der Waals surface area contributed by atoms with Gasteiger partial charge in [-0.05, 0) is 47.5 Å². The predicted molar refractivity (Wildman–Crippen MR) is 122 cm³/mol. The zero-order valence-corrected chi connectivity index (χ0v) is 18.1. The van der Waals surface area contributed by atoms with E-state index in [0.29, 0.717) is 28.4 Å². The highest BCUT2D eigenvalue weighted by Crippen LogP contribution is 2.29. The molecular weight excluding hydrogens is 406 g/mol. The Labute approximate surface area is 186 Å². The largest absolute Gasteiger partial charge is 0.497 e. The number of ether oxygens (including phenoxy) is 3. The van der Waals surface area contributed by atoms with Crippen molar-refractivity contribution in [2.75, 3.05) is 21.3 Å². The van der Waals surface area contributed by atoms with Gasteiger partial charge in [-0.2, -0.15) is 0 Å². The lowest BCUT2D eigenvalue weighted by Crippen LogP contribution is -2.29. The third-order valence-corrected chi connectivity index (χ3v) is 5.35. The first kappa shape index (κ1) is 21.2. The van der Waals surface area contributed by atoms with Crippen LogP contribution in [0, 0.1) is 0 Å². The molecule has 0 aliphatic carbocycles. The van der Waals surface area contributed by atoms with Gasteiger partial charge < -0.3 is 14.2 Å². The highest BCUT2D eigenvalue weighted by atomic mass is 16.5. The van der Waals surface area contributed by atoms with Gasteiger partial charge in [0.05, 0.1) is 39.0 Å². The molecule has 0 spiro atoms. The maximum absolute atomic E-state index is 12.8. The van der Waals surface area contributed by atoms with Crippen LogP contribution in [-0.4, -0.2) is 38.0 Å². The van der Waals surface area contributed by atoms with Crippen LogP contribution in [0.5, 0.6) is 17.2 Å². The number of imide groups is 1. The Morgan fingerprint density at radius 1 is 0.719 bits per heavy atom. The van der Waals surface area contributed by atoms with E-state index in [9.17, 15) is 9.59 Å². The van der Waals surface area contributed by atoms with E-state index in [2.05, 4.69) is 0 Å². The lowest BCUT2D eigenvalue weighted by atomic mass is 10.1. The highest BCUT2D eigenvalue weighted by molar-refractivity contribution is 6.21. The van der Waals surface area contributed by atoms with Gasteiger partial charge in [0.15, 0.2) is 0 Å². The molecule has 0 bridgehead atoms. The van der Waals surface area contributed by atoms with Gasteiger partial charge in [-0.15, -0.1) is 0 Å². The second-order valence-electron chi connectivity index (χ2n) is 7.29. The fourth-order valence-corrected chi connectivity index (χ4v) is 3.70. The molecule has 0 N–H and O–H groups in total. The van der Waals surface area contributed by atoms with Crippen molar-refractivity contribution in [1.82, 2.24) is 4.90 Å². The zero-order chi connectivity index (χ0) is 22.7. The third-order valence-electron chi connectivity index (χ3n) is 5.35. The standard InChI is InChI=1S/C26H23NO5/c1-30-20-13-18(14-21(15-20)31-2)9-8-17-10-11-24(32-3)19(12-17)16-27-25(28)22-6-4-5-7-23(22)26(27)29/h4-15H,16H2,1-3H3. The molecule has 3 aromatic carbocycles. The second-order valence-corrected chi connectivity index (χ2v) is 7.29. The van der Waals surface area contributed by atoms with Gasteiger partial charge in [0.25, 0.3) is 11.8 Å². The van der Waals surface area contributed by atoms with E-state index < -0.39 is 0 Å². The Hall–Kier alpha value is -4.06. The first-order chi connectivity index (χ1) is 15.5. The minimum Gasteiger partial charge on any atom is -0.497 e. The van der Waals surface area contributed by atoms with Gasteiger partial charge in [0.2, 0.25) is 0 Å². The van der Waals surface area contributed by atoms with Crippen molar-refractivity contribution in [3.05, 3.63) is 88.5 Å². The fourth-order valence-electron chi connectivity index (χ4n) is 3.70. The van der Waals surface area contributed by atoms with Crippen molar-refractivity contribution in [3.8, 4) is 17.2 Å². The van der Waals surface area contributed by atoms with Crippen LogP contribution in [0.25, 0.3) is 12.2 Å². The molecule has 162 valence electrons. The van der Waals surface area contributed by atoms with Gasteiger partial charge in [-0.25, -0.2) is 0 Å². The summed E-state index contributed by atoms with van der Waals surface area (Å²) < 4.78 is 16.1. The minimum atomic E-state index is -0.294. The molecule has 32 heavy (non-hydrogen) atoms. The molecule has 4 rings (SSSR count). The Morgan fingerprint density at radius 2 is 1.31 bits per heavy atom. The maximum atomic E-state index is 12.8. The molecule has 2 amide bonds. The van der Waals surface area contributed by atoms with Crippen LogP contribution in [-0.2, 0) is 6.54 Å². The second kappa shape index (κ2) is 8.98. The van der Waals surface area contributed by atoms with Crippen LogP contribution >= 0.6 is 0 Å². The van der Waals surface area contributed by atoms with Gasteiger partial charge in [-0.1, -0.05) is 30.4 Å². The smallest absolute Gasteiger partial charge is 0.261 e. The number of fused-ring (bicyclic) bond motifs is 1. The normalized spacial score (nSPS) is 12.9. The summed E-state index contributed by atoms with van der Waals surface area (Å²) in [6, 6.07) is 18.1. The molecule has 6 heteroatoms. The number of carbonyl (C=O) groups excluding carboxylic acids is 2. The van der Waals surface area contributed by atoms with Crippen LogP contribution in [0.15, 0.2) is 60.7 Å². The highest BCUT2D eigenvalue weighted by Gasteiger charge is 2.35. The molecule has 0 unspecified atom stereocenters. The molecule has 0 aromatic heterocycles. The molecular formula is C26H23NO5. The van der Waals surface area contributed by atoms with Crippen LogP contribution in [0.3, 0.4) is 0 Å². The summed E-state index contributed by atoms with van der Waals surface area (Å²) in [5.74, 6) is 1.42. The summed E-state index contributed by atoms with van der Waals surface area (Å²) >= 11 is 0. The van der Waals surface area contributed by atoms with E-state index in [1.807, 2.05) is 48.6 Å². The number of amides is 2. The van der Waals surface area contributed by atoms with E-state index in [-0.39, 0.29) is 18.4 Å². The van der Waals surface area contributed by atoms with Crippen molar-refractivity contribution < 1.29 is 23.8 Å². The van der Waals surface area contributed by atoms with E-state index in [0.717, 1.165) is 16.7 Å². The lowest BCUT2D eigenvalue weighted by Gasteiger charge is -2.16. The first-order valence-electron chi connectivity index (χ1n) is 10.1. The van der Waals surface area contributed by atoms with Crippen molar-refractivity contribution in [3.63, 3.8) is 0 Å². The van der Waals surface area contributed by atoms with E-state index >= 15 is 0 Å². The van der Waals surface area contributed by atoms with E-state index in [1.54, 1.807) is 45.6 Å². The molecule has 0 atom stereocenters. The summed E-state index contributed by atoms with van der Waals surface area (Å²) in [5, 5.41) is 0. The van der Waals surface area contributed by atoms with Crippen molar-refractivity contribution in [1.29, 1.82) is 0 Å². The molecule has 1 aliphatic rings. The quantitative estimate of drug-likeness (QED) is 0.403. The average Bonchev–Trinajstić information content (AvgIpc) is 3.07. The van der Waals surface area contributed by atoms with Gasteiger partial charge >= 0.3 is 0 Å². The predicted octanol–water partition coefficient (Wildman–Crippen LogP) is 4.68. The third kappa shape index (κ3) is 4.07. The number of benzene rings is 3. The zero-order valence-electron chi connectivity index (χ0n) is 18.1. The monoisotopic (exact) mass is 429 g/mol. The van der Waals surface area contributed by atoms with Crippen LogP contribution in [0.1, 0.15) is 37.4 Å². The summed E-state index contributed by atoms with van der Waals surface area (Å²) in [6.07, 6.45) is 3.89. The SMILES string of the molecule is COc1cc(C=Cc2ccc(OC)c(CN3C(=O)c4ccccc4C3=O)c2)cc(OC)c1. The average molecular weight is 429 g/mol. The number of nitrogens with zero attached hydrogens (tertiary/aromatic N) is 1. The summed E-state index contributed by atoms with van der Waals surface area (Å²) in [6.45, 7) is 0.129. The summed E-state index contributed by atoms with van der Waals surface area (Å²) in [5.41, 5.74) is 3.42. The Kier molecular flexibility index (Phi) is 5.94. The first-order valence-corrected chi connectivity index (χ1v) is 10.1. The van der Waals surface area contributed by atoms with Crippen LogP contribution in [0.2, 0.25) is 0 Å².